The summed E-state index contributed by atoms with van der Waals surface area (Å²) in [5.41, 5.74) is -0.420. The molecule has 1 rings (SSSR count). The smallest absolute Gasteiger partial charge is 0.407 e. The highest BCUT2D eigenvalue weighted by molar-refractivity contribution is 7.80. The summed E-state index contributed by atoms with van der Waals surface area (Å²) >= 11 is 4.27. The number of rotatable bonds is 4. The van der Waals surface area contributed by atoms with Crippen LogP contribution in [0, 0.1) is 5.41 Å². The number of nitrogens with one attached hydrogen (secondary N) is 1. The van der Waals surface area contributed by atoms with Gasteiger partial charge in [0.1, 0.15) is 6.04 Å². The molecule has 1 unspecified atom stereocenters. The van der Waals surface area contributed by atoms with E-state index in [0.29, 0.717) is 5.75 Å². The van der Waals surface area contributed by atoms with Crippen LogP contribution in [0.5, 0.6) is 0 Å². The van der Waals surface area contributed by atoms with Gasteiger partial charge in [0.2, 0.25) is 5.91 Å². The first-order valence-electron chi connectivity index (χ1n) is 6.16. The number of carbonyl (C=O) groups is 2. The second-order valence-electron chi connectivity index (χ2n) is 5.25. The maximum absolute atomic E-state index is 12.4. The molecule has 5 nitrogen and oxygen atoms in total. The SMILES string of the molecule is COC(=O)NC(C(=O)N1CCCC1)C(C)(C)CS. The van der Waals surface area contributed by atoms with Gasteiger partial charge < -0.3 is 15.0 Å². The van der Waals surface area contributed by atoms with Gasteiger partial charge in [-0.1, -0.05) is 13.8 Å². The Bertz CT molecular complexity index is 314. The number of hydrogen-bond acceptors (Lipinski definition) is 4. The zero-order valence-electron chi connectivity index (χ0n) is 11.2. The molecule has 0 spiro atoms. The van der Waals surface area contributed by atoms with Crippen molar-refractivity contribution >= 4 is 24.6 Å². The minimum atomic E-state index is -0.597. The van der Waals surface area contributed by atoms with Crippen molar-refractivity contribution in [1.82, 2.24) is 10.2 Å². The zero-order chi connectivity index (χ0) is 13.8. The van der Waals surface area contributed by atoms with E-state index in [1.165, 1.54) is 7.11 Å². The lowest BCUT2D eigenvalue weighted by molar-refractivity contribution is -0.134. The van der Waals surface area contributed by atoms with E-state index in [4.69, 9.17) is 0 Å². The second kappa shape index (κ2) is 6.31. The fourth-order valence-electron chi connectivity index (χ4n) is 1.98. The number of methoxy groups -OCH3 is 1. The molecular formula is C12H22N2O3S. The predicted molar refractivity (Wildman–Crippen MR) is 72.8 cm³/mol. The van der Waals surface area contributed by atoms with E-state index < -0.39 is 17.6 Å². The van der Waals surface area contributed by atoms with Gasteiger partial charge in [0.15, 0.2) is 0 Å². The average Bonchev–Trinajstić information content (AvgIpc) is 2.88. The second-order valence-corrected chi connectivity index (χ2v) is 5.56. The minimum Gasteiger partial charge on any atom is -0.453 e. The summed E-state index contributed by atoms with van der Waals surface area (Å²) < 4.78 is 4.59. The number of thiol groups is 1. The van der Waals surface area contributed by atoms with Crippen molar-refractivity contribution in [2.45, 2.75) is 32.7 Å². The van der Waals surface area contributed by atoms with Gasteiger partial charge in [0.05, 0.1) is 7.11 Å². The molecule has 0 aromatic rings. The van der Waals surface area contributed by atoms with Gasteiger partial charge in [-0.3, -0.25) is 4.79 Å². The van der Waals surface area contributed by atoms with E-state index in [9.17, 15) is 9.59 Å². The average molecular weight is 274 g/mol. The predicted octanol–water partition coefficient (Wildman–Crippen LogP) is 1.29. The Morgan fingerprint density at radius 1 is 1.39 bits per heavy atom. The normalized spacial score (nSPS) is 17.4. The molecule has 1 aliphatic heterocycles. The van der Waals surface area contributed by atoms with Crippen molar-refractivity contribution in [2.75, 3.05) is 26.0 Å². The Morgan fingerprint density at radius 2 is 1.94 bits per heavy atom. The Labute approximate surface area is 114 Å². The molecule has 0 aliphatic carbocycles. The number of amides is 2. The molecule has 1 atom stereocenters. The molecule has 1 aliphatic rings. The topological polar surface area (TPSA) is 58.6 Å². The molecule has 1 N–H and O–H groups in total. The largest absolute Gasteiger partial charge is 0.453 e. The Balaban J connectivity index is 2.82. The third-order valence-corrected chi connectivity index (χ3v) is 4.12. The Hall–Kier alpha value is -0.910. The number of nitrogens with zero attached hydrogens (tertiary/aromatic N) is 1. The third kappa shape index (κ3) is 3.54. The van der Waals surface area contributed by atoms with E-state index in [1.807, 2.05) is 13.8 Å². The summed E-state index contributed by atoms with van der Waals surface area (Å²) in [6, 6.07) is -0.597. The molecule has 2 amide bonds. The standard InChI is InChI=1S/C12H22N2O3S/c1-12(2,8-18)9(13-11(16)17-3)10(15)14-6-4-5-7-14/h9,18H,4-8H2,1-3H3,(H,13,16). The van der Waals surface area contributed by atoms with Gasteiger partial charge in [-0.05, 0) is 18.6 Å². The van der Waals surface area contributed by atoms with Crippen LogP contribution in [-0.2, 0) is 9.53 Å². The first-order valence-corrected chi connectivity index (χ1v) is 6.79. The number of alkyl carbamates (subject to hydrolysis) is 1. The lowest BCUT2D eigenvalue weighted by Gasteiger charge is -2.34. The lowest BCUT2D eigenvalue weighted by atomic mass is 9.85. The molecule has 0 bridgehead atoms. The van der Waals surface area contributed by atoms with Crippen molar-refractivity contribution < 1.29 is 14.3 Å². The number of likely N-dealkylation sites (tertiary alicyclic amines) is 1. The summed E-state index contributed by atoms with van der Waals surface area (Å²) in [5.74, 6) is 0.457. The highest BCUT2D eigenvalue weighted by atomic mass is 32.1. The van der Waals surface area contributed by atoms with Gasteiger partial charge in [-0.25, -0.2) is 4.79 Å². The summed E-state index contributed by atoms with van der Waals surface area (Å²) in [4.78, 5) is 25.6. The summed E-state index contributed by atoms with van der Waals surface area (Å²) in [6.07, 6.45) is 1.47. The molecule has 0 aromatic carbocycles. The summed E-state index contributed by atoms with van der Waals surface area (Å²) in [6.45, 7) is 5.35. The summed E-state index contributed by atoms with van der Waals surface area (Å²) in [7, 11) is 1.29. The molecule has 1 fully saturated rings. The maximum atomic E-state index is 12.4. The van der Waals surface area contributed by atoms with Crippen LogP contribution < -0.4 is 5.32 Å². The molecular weight excluding hydrogens is 252 g/mol. The molecule has 6 heteroatoms. The van der Waals surface area contributed by atoms with Crippen molar-refractivity contribution in [3.63, 3.8) is 0 Å². The van der Waals surface area contributed by atoms with Gasteiger partial charge in [0.25, 0.3) is 0 Å². The molecule has 0 saturated carbocycles. The Morgan fingerprint density at radius 3 is 2.39 bits per heavy atom. The van der Waals surface area contributed by atoms with Crippen LogP contribution in [0.15, 0.2) is 0 Å². The number of ether oxygens (including phenoxy) is 1. The zero-order valence-corrected chi connectivity index (χ0v) is 12.1. The van der Waals surface area contributed by atoms with Gasteiger partial charge in [-0.15, -0.1) is 0 Å². The van der Waals surface area contributed by atoms with Crippen LogP contribution in [0.1, 0.15) is 26.7 Å². The van der Waals surface area contributed by atoms with Crippen LogP contribution in [-0.4, -0.2) is 48.9 Å². The monoisotopic (exact) mass is 274 g/mol. The highest BCUT2D eigenvalue weighted by Crippen LogP contribution is 2.25. The molecule has 18 heavy (non-hydrogen) atoms. The van der Waals surface area contributed by atoms with Crippen molar-refractivity contribution in [2.24, 2.45) is 5.41 Å². The van der Waals surface area contributed by atoms with Crippen LogP contribution in [0.3, 0.4) is 0 Å². The molecule has 104 valence electrons. The Kier molecular flexibility index (Phi) is 5.31. The fraction of sp³-hybridized carbons (Fsp3) is 0.833. The van der Waals surface area contributed by atoms with Crippen LogP contribution in [0.2, 0.25) is 0 Å². The van der Waals surface area contributed by atoms with E-state index >= 15 is 0 Å². The highest BCUT2D eigenvalue weighted by Gasteiger charge is 2.38. The first-order chi connectivity index (χ1) is 8.42. The van der Waals surface area contributed by atoms with E-state index in [1.54, 1.807) is 4.90 Å². The van der Waals surface area contributed by atoms with Crippen molar-refractivity contribution in [3.05, 3.63) is 0 Å². The minimum absolute atomic E-state index is 0.0445. The van der Waals surface area contributed by atoms with Crippen molar-refractivity contribution in [3.8, 4) is 0 Å². The van der Waals surface area contributed by atoms with Crippen LogP contribution in [0.25, 0.3) is 0 Å². The maximum Gasteiger partial charge on any atom is 0.407 e. The van der Waals surface area contributed by atoms with Gasteiger partial charge in [0, 0.05) is 18.5 Å². The van der Waals surface area contributed by atoms with Crippen molar-refractivity contribution in [1.29, 1.82) is 0 Å². The fourth-order valence-corrected chi connectivity index (χ4v) is 2.16. The van der Waals surface area contributed by atoms with E-state index in [0.717, 1.165) is 25.9 Å². The van der Waals surface area contributed by atoms with Gasteiger partial charge in [-0.2, -0.15) is 12.6 Å². The molecule has 1 saturated heterocycles. The molecule has 0 aromatic heterocycles. The molecule has 1 heterocycles. The van der Waals surface area contributed by atoms with Gasteiger partial charge >= 0.3 is 6.09 Å². The summed E-state index contributed by atoms with van der Waals surface area (Å²) in [5, 5.41) is 2.63. The lowest BCUT2D eigenvalue weighted by Crippen LogP contribution is -2.55. The quantitative estimate of drug-likeness (QED) is 0.760. The first kappa shape index (κ1) is 15.1. The third-order valence-electron chi connectivity index (χ3n) is 3.30. The molecule has 0 radical (unpaired) electrons. The van der Waals surface area contributed by atoms with E-state index in [-0.39, 0.29) is 5.91 Å². The van der Waals surface area contributed by atoms with Crippen LogP contribution >= 0.6 is 12.6 Å². The number of hydrogen-bond donors (Lipinski definition) is 2. The van der Waals surface area contributed by atoms with Crippen LogP contribution in [0.4, 0.5) is 4.79 Å². The van der Waals surface area contributed by atoms with E-state index in [2.05, 4.69) is 22.7 Å². The number of carbonyl (C=O) groups excluding carboxylic acids is 2.